The Morgan fingerprint density at radius 3 is 2.87 bits per heavy atom. The number of thiazole rings is 1. The Hall–Kier alpha value is -1.92. The lowest BCUT2D eigenvalue weighted by molar-refractivity contribution is 0.175. The SMILES string of the molecule is C[C@H]1CN(c2nc3ccccc3s2)CCN1Cc1nccn1C. The number of hydrogen-bond donors (Lipinski definition) is 0. The molecule has 1 saturated heterocycles. The Morgan fingerprint density at radius 1 is 1.26 bits per heavy atom. The predicted octanol–water partition coefficient (Wildman–Crippen LogP) is 2.74. The predicted molar refractivity (Wildman–Crippen MR) is 94.9 cm³/mol. The number of imidazole rings is 1. The van der Waals surface area contributed by atoms with Crippen LogP contribution < -0.4 is 4.90 Å². The molecule has 1 fully saturated rings. The lowest BCUT2D eigenvalue weighted by atomic mass is 10.2. The molecule has 120 valence electrons. The van der Waals surface area contributed by atoms with Crippen LogP contribution >= 0.6 is 11.3 Å². The standard InChI is InChI=1S/C17H21N5S/c1-13-11-22(17-19-14-5-3-4-6-15(14)23-17)10-9-21(13)12-16-18-7-8-20(16)2/h3-8,13H,9-12H2,1-2H3/t13-/m0/s1. The molecule has 23 heavy (non-hydrogen) atoms. The summed E-state index contributed by atoms with van der Waals surface area (Å²) >= 11 is 1.79. The maximum absolute atomic E-state index is 4.80. The summed E-state index contributed by atoms with van der Waals surface area (Å²) in [4.78, 5) is 14.2. The Labute approximate surface area is 140 Å². The number of benzene rings is 1. The zero-order chi connectivity index (χ0) is 15.8. The first-order valence-electron chi connectivity index (χ1n) is 8.01. The normalized spacial score (nSPS) is 19.6. The number of para-hydroxylation sites is 1. The number of rotatable bonds is 3. The van der Waals surface area contributed by atoms with Crippen LogP contribution in [0.4, 0.5) is 5.13 Å². The lowest BCUT2D eigenvalue weighted by Crippen LogP contribution is -2.51. The van der Waals surface area contributed by atoms with E-state index in [0.29, 0.717) is 6.04 Å². The van der Waals surface area contributed by atoms with E-state index in [1.807, 2.05) is 12.4 Å². The fraction of sp³-hybridized carbons (Fsp3) is 0.412. The van der Waals surface area contributed by atoms with Gasteiger partial charge in [-0.25, -0.2) is 9.97 Å². The van der Waals surface area contributed by atoms with Gasteiger partial charge in [-0.05, 0) is 19.1 Å². The van der Waals surface area contributed by atoms with Gasteiger partial charge in [0.25, 0.3) is 0 Å². The van der Waals surface area contributed by atoms with Crippen LogP contribution in [0.2, 0.25) is 0 Å². The van der Waals surface area contributed by atoms with E-state index in [0.717, 1.165) is 42.7 Å². The Bertz CT molecular complexity index is 775. The van der Waals surface area contributed by atoms with Gasteiger partial charge in [0.05, 0.1) is 16.8 Å². The maximum Gasteiger partial charge on any atom is 0.186 e. The van der Waals surface area contributed by atoms with Crippen molar-refractivity contribution in [3.8, 4) is 0 Å². The molecule has 3 aromatic rings. The van der Waals surface area contributed by atoms with E-state index in [4.69, 9.17) is 4.98 Å². The number of aromatic nitrogens is 3. The van der Waals surface area contributed by atoms with Crippen LogP contribution in [0, 0.1) is 0 Å². The molecule has 0 spiro atoms. The summed E-state index contributed by atoms with van der Waals surface area (Å²) in [5.41, 5.74) is 1.11. The van der Waals surface area contributed by atoms with Crippen LogP contribution in [-0.4, -0.2) is 45.1 Å². The van der Waals surface area contributed by atoms with Gasteiger partial charge in [0.15, 0.2) is 5.13 Å². The van der Waals surface area contributed by atoms with Gasteiger partial charge in [-0.1, -0.05) is 23.5 Å². The monoisotopic (exact) mass is 327 g/mol. The Kier molecular flexibility index (Phi) is 3.79. The molecule has 1 aromatic carbocycles. The van der Waals surface area contributed by atoms with Gasteiger partial charge < -0.3 is 9.47 Å². The molecule has 0 bridgehead atoms. The highest BCUT2D eigenvalue weighted by Crippen LogP contribution is 2.30. The van der Waals surface area contributed by atoms with E-state index >= 15 is 0 Å². The largest absolute Gasteiger partial charge is 0.345 e. The number of aryl methyl sites for hydroxylation is 1. The first kappa shape index (κ1) is 14.7. The minimum atomic E-state index is 0.493. The van der Waals surface area contributed by atoms with Crippen molar-refractivity contribution in [3.05, 3.63) is 42.5 Å². The quantitative estimate of drug-likeness (QED) is 0.741. The molecule has 1 aliphatic heterocycles. The summed E-state index contributed by atoms with van der Waals surface area (Å²) in [6, 6.07) is 8.87. The minimum absolute atomic E-state index is 0.493. The van der Waals surface area contributed by atoms with E-state index in [9.17, 15) is 0 Å². The molecule has 6 heteroatoms. The number of nitrogens with zero attached hydrogens (tertiary/aromatic N) is 5. The van der Waals surface area contributed by atoms with Crippen LogP contribution in [0.5, 0.6) is 0 Å². The first-order valence-corrected chi connectivity index (χ1v) is 8.83. The number of fused-ring (bicyclic) bond motifs is 1. The number of anilines is 1. The van der Waals surface area contributed by atoms with Crippen molar-refractivity contribution >= 4 is 26.7 Å². The van der Waals surface area contributed by atoms with E-state index in [1.54, 1.807) is 11.3 Å². The zero-order valence-corrected chi connectivity index (χ0v) is 14.3. The summed E-state index contributed by atoms with van der Waals surface area (Å²) in [5.74, 6) is 1.13. The summed E-state index contributed by atoms with van der Waals surface area (Å²) in [5, 5.41) is 1.15. The third kappa shape index (κ3) is 2.84. The van der Waals surface area contributed by atoms with Crippen molar-refractivity contribution in [3.63, 3.8) is 0 Å². The molecule has 0 radical (unpaired) electrons. The van der Waals surface area contributed by atoms with Crippen LogP contribution in [0.3, 0.4) is 0 Å². The smallest absolute Gasteiger partial charge is 0.186 e. The summed E-state index contributed by atoms with van der Waals surface area (Å²) in [7, 11) is 2.06. The lowest BCUT2D eigenvalue weighted by Gasteiger charge is -2.39. The van der Waals surface area contributed by atoms with Crippen LogP contribution in [-0.2, 0) is 13.6 Å². The Morgan fingerprint density at radius 2 is 2.13 bits per heavy atom. The molecule has 0 unspecified atom stereocenters. The molecule has 0 aliphatic carbocycles. The average Bonchev–Trinajstić information content (AvgIpc) is 3.15. The highest BCUT2D eigenvalue weighted by Gasteiger charge is 2.26. The van der Waals surface area contributed by atoms with E-state index in [2.05, 4.69) is 57.6 Å². The van der Waals surface area contributed by atoms with Gasteiger partial charge in [-0.3, -0.25) is 4.90 Å². The van der Waals surface area contributed by atoms with Crippen LogP contribution in [0.25, 0.3) is 10.2 Å². The molecule has 0 saturated carbocycles. The van der Waals surface area contributed by atoms with Crippen molar-refractivity contribution in [1.82, 2.24) is 19.4 Å². The Balaban J connectivity index is 1.47. The topological polar surface area (TPSA) is 37.2 Å². The molecule has 1 aliphatic rings. The summed E-state index contributed by atoms with van der Waals surface area (Å²) < 4.78 is 3.37. The molecular formula is C17H21N5S. The minimum Gasteiger partial charge on any atom is -0.345 e. The molecule has 2 aromatic heterocycles. The third-order valence-corrected chi connectivity index (χ3v) is 5.68. The molecule has 5 nitrogen and oxygen atoms in total. The highest BCUT2D eigenvalue weighted by atomic mass is 32.1. The highest BCUT2D eigenvalue weighted by molar-refractivity contribution is 7.22. The maximum atomic E-state index is 4.80. The van der Waals surface area contributed by atoms with Crippen molar-refractivity contribution < 1.29 is 0 Å². The van der Waals surface area contributed by atoms with Crippen molar-refractivity contribution in [1.29, 1.82) is 0 Å². The fourth-order valence-electron chi connectivity index (χ4n) is 3.13. The zero-order valence-electron chi connectivity index (χ0n) is 13.5. The number of piperazine rings is 1. The molecule has 4 rings (SSSR count). The average molecular weight is 327 g/mol. The first-order chi connectivity index (χ1) is 11.2. The van der Waals surface area contributed by atoms with Gasteiger partial charge in [0, 0.05) is 45.1 Å². The molecule has 0 amide bonds. The van der Waals surface area contributed by atoms with Crippen molar-refractivity contribution in [2.75, 3.05) is 24.5 Å². The summed E-state index contributed by atoms with van der Waals surface area (Å²) in [6.07, 6.45) is 3.88. The van der Waals surface area contributed by atoms with Crippen molar-refractivity contribution in [2.24, 2.45) is 7.05 Å². The van der Waals surface area contributed by atoms with Gasteiger partial charge >= 0.3 is 0 Å². The van der Waals surface area contributed by atoms with Gasteiger partial charge in [-0.15, -0.1) is 0 Å². The second-order valence-corrected chi connectivity index (χ2v) is 7.19. The number of hydrogen-bond acceptors (Lipinski definition) is 5. The van der Waals surface area contributed by atoms with Crippen molar-refractivity contribution in [2.45, 2.75) is 19.5 Å². The van der Waals surface area contributed by atoms with E-state index < -0.39 is 0 Å². The van der Waals surface area contributed by atoms with E-state index in [-0.39, 0.29) is 0 Å². The molecule has 1 atom stereocenters. The van der Waals surface area contributed by atoms with Crippen LogP contribution in [0.15, 0.2) is 36.7 Å². The van der Waals surface area contributed by atoms with Gasteiger partial charge in [-0.2, -0.15) is 0 Å². The van der Waals surface area contributed by atoms with E-state index in [1.165, 1.54) is 4.70 Å². The second kappa shape index (κ2) is 5.94. The van der Waals surface area contributed by atoms with Crippen LogP contribution in [0.1, 0.15) is 12.7 Å². The molecular weight excluding hydrogens is 306 g/mol. The summed E-state index contributed by atoms with van der Waals surface area (Å²) in [6.45, 7) is 6.30. The second-order valence-electron chi connectivity index (χ2n) is 6.18. The molecule has 0 N–H and O–H groups in total. The molecule has 3 heterocycles. The third-order valence-electron chi connectivity index (χ3n) is 4.58. The van der Waals surface area contributed by atoms with Gasteiger partial charge in [0.2, 0.25) is 0 Å². The van der Waals surface area contributed by atoms with Gasteiger partial charge in [0.1, 0.15) is 5.82 Å². The fourth-order valence-corrected chi connectivity index (χ4v) is 4.13.